The lowest BCUT2D eigenvalue weighted by Crippen LogP contribution is -1.90. The second kappa shape index (κ2) is 5.72. The van der Waals surface area contributed by atoms with Gasteiger partial charge < -0.3 is 10.3 Å². The average Bonchev–Trinajstić information content (AvgIpc) is 2.97. The first-order valence-electron chi connectivity index (χ1n) is 5.63. The van der Waals surface area contributed by atoms with E-state index < -0.39 is 5.82 Å². The third-order valence-corrected chi connectivity index (χ3v) is 6.37. The highest BCUT2D eigenvalue weighted by atomic mass is 79.9. The van der Waals surface area contributed by atoms with E-state index in [0.29, 0.717) is 11.3 Å². The lowest BCUT2D eigenvalue weighted by molar-refractivity contribution is 0.439. The first-order chi connectivity index (χ1) is 9.99. The standard InChI is InChI=1S/C13H6Br2ClFN2OS/c14-6-4-8(21-12(6)15)11-9(13(18)20-19-11)5-2-1-3-7(16)10(5)17/h1-4H,18H2. The number of halogens is 4. The van der Waals surface area contributed by atoms with Crippen molar-refractivity contribution in [3.8, 4) is 21.7 Å². The quantitative estimate of drug-likeness (QED) is 0.521. The van der Waals surface area contributed by atoms with Crippen LogP contribution in [-0.2, 0) is 0 Å². The van der Waals surface area contributed by atoms with Crippen LogP contribution < -0.4 is 5.73 Å². The van der Waals surface area contributed by atoms with Crippen LogP contribution in [0.25, 0.3) is 21.7 Å². The number of nitrogens with two attached hydrogens (primary N) is 1. The number of aromatic nitrogens is 1. The van der Waals surface area contributed by atoms with E-state index in [1.807, 2.05) is 6.07 Å². The third kappa shape index (κ3) is 2.63. The largest absolute Gasteiger partial charge is 0.367 e. The summed E-state index contributed by atoms with van der Waals surface area (Å²) in [4.78, 5) is 0.795. The first kappa shape index (κ1) is 15.0. The van der Waals surface area contributed by atoms with Crippen LogP contribution in [0.2, 0.25) is 5.02 Å². The minimum absolute atomic E-state index is 0.0209. The molecule has 2 heterocycles. The lowest BCUT2D eigenvalue weighted by Gasteiger charge is -2.04. The maximum atomic E-state index is 14.3. The smallest absolute Gasteiger partial charge is 0.230 e. The summed E-state index contributed by atoms with van der Waals surface area (Å²) in [6, 6.07) is 6.57. The van der Waals surface area contributed by atoms with Gasteiger partial charge in [0.2, 0.25) is 5.88 Å². The summed E-state index contributed by atoms with van der Waals surface area (Å²) >= 11 is 14.1. The fourth-order valence-corrected chi connectivity index (χ4v) is 4.09. The number of anilines is 1. The first-order valence-corrected chi connectivity index (χ1v) is 8.41. The molecule has 0 amide bonds. The van der Waals surface area contributed by atoms with E-state index in [-0.39, 0.29) is 16.5 Å². The molecule has 3 aromatic rings. The van der Waals surface area contributed by atoms with Crippen LogP contribution in [0.5, 0.6) is 0 Å². The Labute approximate surface area is 145 Å². The maximum Gasteiger partial charge on any atom is 0.230 e. The third-order valence-electron chi connectivity index (χ3n) is 2.82. The molecule has 0 saturated carbocycles. The van der Waals surface area contributed by atoms with Crippen LogP contribution in [0.3, 0.4) is 0 Å². The number of rotatable bonds is 2. The molecule has 21 heavy (non-hydrogen) atoms. The van der Waals surface area contributed by atoms with E-state index in [4.69, 9.17) is 21.9 Å². The molecule has 0 aliphatic heterocycles. The summed E-state index contributed by atoms with van der Waals surface area (Å²) in [5, 5.41) is 3.97. The maximum absolute atomic E-state index is 14.3. The van der Waals surface area contributed by atoms with Crippen LogP contribution >= 0.6 is 54.8 Å². The molecule has 8 heteroatoms. The molecular weight excluding hydrogens is 446 g/mol. The van der Waals surface area contributed by atoms with Crippen molar-refractivity contribution >= 4 is 60.7 Å². The van der Waals surface area contributed by atoms with Crippen molar-refractivity contribution in [2.24, 2.45) is 0 Å². The molecule has 0 bridgehead atoms. The zero-order valence-electron chi connectivity index (χ0n) is 10.2. The molecule has 0 spiro atoms. The number of hydrogen-bond donors (Lipinski definition) is 1. The Morgan fingerprint density at radius 1 is 1.33 bits per heavy atom. The van der Waals surface area contributed by atoms with Gasteiger partial charge in [0.05, 0.1) is 19.2 Å². The van der Waals surface area contributed by atoms with Crippen LogP contribution in [-0.4, -0.2) is 5.16 Å². The number of nitrogen functional groups attached to an aromatic ring is 1. The van der Waals surface area contributed by atoms with Gasteiger partial charge in [0.1, 0.15) is 11.5 Å². The predicted molar refractivity (Wildman–Crippen MR) is 90.0 cm³/mol. The fraction of sp³-hybridized carbons (Fsp3) is 0. The van der Waals surface area contributed by atoms with Crippen molar-refractivity contribution in [2.45, 2.75) is 0 Å². The Hall–Kier alpha value is -0.890. The van der Waals surface area contributed by atoms with Gasteiger partial charge in [-0.1, -0.05) is 28.9 Å². The topological polar surface area (TPSA) is 52.0 Å². The lowest BCUT2D eigenvalue weighted by atomic mass is 10.0. The molecule has 108 valence electrons. The number of hydrogen-bond acceptors (Lipinski definition) is 4. The summed E-state index contributed by atoms with van der Waals surface area (Å²) < 4.78 is 21.1. The predicted octanol–water partition coefficient (Wildman–Crippen LogP) is 5.97. The van der Waals surface area contributed by atoms with E-state index in [1.165, 1.54) is 17.4 Å². The van der Waals surface area contributed by atoms with E-state index >= 15 is 0 Å². The molecular formula is C13H6Br2ClFN2OS. The second-order valence-corrected chi connectivity index (χ2v) is 7.74. The highest BCUT2D eigenvalue weighted by Crippen LogP contribution is 2.44. The SMILES string of the molecule is Nc1onc(-c2cc(Br)c(Br)s2)c1-c1cccc(Cl)c1F. The minimum Gasteiger partial charge on any atom is -0.367 e. The van der Waals surface area contributed by atoms with Crippen LogP contribution in [0.4, 0.5) is 10.3 Å². The van der Waals surface area contributed by atoms with Gasteiger partial charge in [-0.05, 0) is 44.0 Å². The van der Waals surface area contributed by atoms with Crippen LogP contribution in [0.15, 0.2) is 37.0 Å². The monoisotopic (exact) mass is 450 g/mol. The Balaban J connectivity index is 2.24. The molecule has 0 atom stereocenters. The Bertz CT molecular complexity index is 814. The van der Waals surface area contributed by atoms with Gasteiger partial charge in [-0.2, -0.15) is 0 Å². The van der Waals surface area contributed by atoms with Crippen molar-refractivity contribution in [1.82, 2.24) is 5.16 Å². The normalized spacial score (nSPS) is 11.0. The average molecular weight is 453 g/mol. The molecule has 1 aromatic carbocycles. The minimum atomic E-state index is -0.551. The number of benzene rings is 1. The van der Waals surface area contributed by atoms with Gasteiger partial charge >= 0.3 is 0 Å². The molecule has 3 nitrogen and oxygen atoms in total. The van der Waals surface area contributed by atoms with Crippen LogP contribution in [0, 0.1) is 5.82 Å². The number of thiophene rings is 1. The molecule has 0 aliphatic carbocycles. The summed E-state index contributed by atoms with van der Waals surface area (Å²) in [5.74, 6) is -0.503. The van der Waals surface area contributed by atoms with Crippen molar-refractivity contribution in [1.29, 1.82) is 0 Å². The van der Waals surface area contributed by atoms with E-state index in [9.17, 15) is 4.39 Å². The summed E-state index contributed by atoms with van der Waals surface area (Å²) in [5.41, 5.74) is 6.95. The Kier molecular flexibility index (Phi) is 4.09. The zero-order valence-corrected chi connectivity index (χ0v) is 14.9. The molecule has 0 aliphatic rings. The van der Waals surface area contributed by atoms with E-state index in [2.05, 4.69) is 37.0 Å². The summed E-state index contributed by atoms with van der Waals surface area (Å²) in [7, 11) is 0. The molecule has 0 fully saturated rings. The van der Waals surface area contributed by atoms with Crippen molar-refractivity contribution in [3.05, 3.63) is 43.4 Å². The van der Waals surface area contributed by atoms with Gasteiger partial charge in [-0.3, -0.25) is 0 Å². The molecule has 0 radical (unpaired) electrons. The molecule has 0 unspecified atom stereocenters. The van der Waals surface area contributed by atoms with Gasteiger partial charge in [-0.15, -0.1) is 11.3 Å². The second-order valence-electron chi connectivity index (χ2n) is 4.10. The summed E-state index contributed by atoms with van der Waals surface area (Å²) in [6.45, 7) is 0. The van der Waals surface area contributed by atoms with Gasteiger partial charge in [0.25, 0.3) is 0 Å². The Morgan fingerprint density at radius 2 is 2.10 bits per heavy atom. The van der Waals surface area contributed by atoms with Crippen molar-refractivity contribution in [2.75, 3.05) is 5.73 Å². The van der Waals surface area contributed by atoms with Crippen molar-refractivity contribution < 1.29 is 8.91 Å². The van der Waals surface area contributed by atoms with Crippen molar-refractivity contribution in [3.63, 3.8) is 0 Å². The molecule has 2 N–H and O–H groups in total. The Morgan fingerprint density at radius 3 is 2.76 bits per heavy atom. The fourth-order valence-electron chi connectivity index (χ4n) is 1.89. The molecule has 2 aromatic heterocycles. The summed E-state index contributed by atoms with van der Waals surface area (Å²) in [6.07, 6.45) is 0. The van der Waals surface area contributed by atoms with Crippen LogP contribution in [0.1, 0.15) is 0 Å². The molecule has 0 saturated heterocycles. The molecule has 3 rings (SSSR count). The van der Waals surface area contributed by atoms with Gasteiger partial charge in [0.15, 0.2) is 0 Å². The van der Waals surface area contributed by atoms with Gasteiger partial charge in [-0.25, -0.2) is 4.39 Å². The van der Waals surface area contributed by atoms with E-state index in [0.717, 1.165) is 13.1 Å². The van der Waals surface area contributed by atoms with Gasteiger partial charge in [0, 0.05) is 10.0 Å². The van der Waals surface area contributed by atoms with E-state index in [1.54, 1.807) is 12.1 Å². The zero-order chi connectivity index (χ0) is 15.1. The number of nitrogens with zero attached hydrogens (tertiary/aromatic N) is 1. The highest BCUT2D eigenvalue weighted by molar-refractivity contribution is 9.13. The highest BCUT2D eigenvalue weighted by Gasteiger charge is 2.23.